The predicted molar refractivity (Wildman–Crippen MR) is 78.2 cm³/mol. The van der Waals surface area contributed by atoms with Crippen molar-refractivity contribution in [1.29, 1.82) is 0 Å². The summed E-state index contributed by atoms with van der Waals surface area (Å²) >= 11 is 3.49. The highest BCUT2D eigenvalue weighted by molar-refractivity contribution is 9.10. The molecule has 1 aromatic rings. The molecule has 0 atom stereocenters. The molecule has 1 rings (SSSR count). The minimum Gasteiger partial charge on any atom is -0.398 e. The smallest absolute Gasteiger partial charge is 0.236 e. The molecule has 1 aromatic carbocycles. The normalized spacial score (nSPS) is 10.7. The zero-order chi connectivity index (χ0) is 13.7. The zero-order valence-corrected chi connectivity index (χ0v) is 12.7. The van der Waals surface area contributed by atoms with Gasteiger partial charge in [0.05, 0.1) is 6.54 Å². The molecule has 4 nitrogen and oxygen atoms in total. The molecule has 0 spiro atoms. The van der Waals surface area contributed by atoms with Gasteiger partial charge in [-0.25, -0.2) is 0 Å². The van der Waals surface area contributed by atoms with Gasteiger partial charge in [0.1, 0.15) is 0 Å². The number of rotatable bonds is 5. The summed E-state index contributed by atoms with van der Waals surface area (Å²) in [6, 6.07) is 5.80. The molecule has 0 aliphatic heterocycles. The summed E-state index contributed by atoms with van der Waals surface area (Å²) in [5.41, 5.74) is 7.67. The molecule has 100 valence electrons. The maximum Gasteiger partial charge on any atom is 0.236 e. The average molecular weight is 314 g/mol. The second-order valence-electron chi connectivity index (χ2n) is 4.41. The number of nitrogens with zero attached hydrogens (tertiary/aromatic N) is 2. The van der Waals surface area contributed by atoms with Gasteiger partial charge < -0.3 is 10.6 Å². The van der Waals surface area contributed by atoms with E-state index in [4.69, 9.17) is 5.73 Å². The number of nitrogens with two attached hydrogens (primary N) is 1. The first-order valence-corrected chi connectivity index (χ1v) is 6.70. The van der Waals surface area contributed by atoms with E-state index >= 15 is 0 Å². The molecular formula is C13H20BrN3O. The van der Waals surface area contributed by atoms with E-state index in [0.717, 1.165) is 22.3 Å². The lowest BCUT2D eigenvalue weighted by atomic mass is 10.2. The van der Waals surface area contributed by atoms with Gasteiger partial charge in [0, 0.05) is 30.8 Å². The van der Waals surface area contributed by atoms with Crippen LogP contribution >= 0.6 is 15.9 Å². The fourth-order valence-corrected chi connectivity index (χ4v) is 1.96. The first kappa shape index (κ1) is 15.0. The van der Waals surface area contributed by atoms with Gasteiger partial charge in [-0.15, -0.1) is 0 Å². The van der Waals surface area contributed by atoms with Crippen LogP contribution in [-0.4, -0.2) is 42.9 Å². The number of benzene rings is 1. The number of halogens is 1. The topological polar surface area (TPSA) is 49.6 Å². The Morgan fingerprint density at radius 3 is 2.61 bits per heavy atom. The minimum absolute atomic E-state index is 0.108. The van der Waals surface area contributed by atoms with Crippen molar-refractivity contribution >= 4 is 27.5 Å². The molecule has 0 heterocycles. The van der Waals surface area contributed by atoms with Crippen LogP contribution in [-0.2, 0) is 11.3 Å². The lowest BCUT2D eigenvalue weighted by Gasteiger charge is -2.22. The van der Waals surface area contributed by atoms with Crippen molar-refractivity contribution in [2.24, 2.45) is 0 Å². The van der Waals surface area contributed by atoms with E-state index in [2.05, 4.69) is 20.8 Å². The van der Waals surface area contributed by atoms with E-state index in [1.54, 1.807) is 19.0 Å². The van der Waals surface area contributed by atoms with E-state index in [0.29, 0.717) is 13.1 Å². The van der Waals surface area contributed by atoms with E-state index in [-0.39, 0.29) is 5.91 Å². The fraction of sp³-hybridized carbons (Fsp3) is 0.462. The molecule has 0 unspecified atom stereocenters. The van der Waals surface area contributed by atoms with E-state index in [9.17, 15) is 4.79 Å². The van der Waals surface area contributed by atoms with Crippen molar-refractivity contribution in [2.45, 2.75) is 13.5 Å². The summed E-state index contributed by atoms with van der Waals surface area (Å²) in [6.07, 6.45) is 0. The van der Waals surface area contributed by atoms with Crippen LogP contribution in [0.2, 0.25) is 0 Å². The molecule has 2 N–H and O–H groups in total. The highest BCUT2D eigenvalue weighted by atomic mass is 79.9. The highest BCUT2D eigenvalue weighted by Crippen LogP contribution is 2.24. The van der Waals surface area contributed by atoms with Crippen molar-refractivity contribution in [2.75, 3.05) is 32.9 Å². The minimum atomic E-state index is 0.108. The molecule has 0 bridgehead atoms. The van der Waals surface area contributed by atoms with Crippen molar-refractivity contribution in [3.8, 4) is 0 Å². The van der Waals surface area contributed by atoms with Crippen LogP contribution in [0.5, 0.6) is 0 Å². The summed E-state index contributed by atoms with van der Waals surface area (Å²) in [5.74, 6) is 0.108. The van der Waals surface area contributed by atoms with Crippen LogP contribution < -0.4 is 5.73 Å². The summed E-state index contributed by atoms with van der Waals surface area (Å²) in [4.78, 5) is 15.4. The highest BCUT2D eigenvalue weighted by Gasteiger charge is 2.13. The zero-order valence-electron chi connectivity index (χ0n) is 11.1. The SMILES string of the molecule is CCN(CC(=O)N(C)C)Cc1cccc(N)c1Br. The lowest BCUT2D eigenvalue weighted by molar-refractivity contribution is -0.130. The van der Waals surface area contributed by atoms with Crippen LogP contribution in [0.15, 0.2) is 22.7 Å². The molecule has 0 aliphatic carbocycles. The molecular weight excluding hydrogens is 294 g/mol. The number of likely N-dealkylation sites (N-methyl/N-ethyl adjacent to an activating group) is 2. The Bertz CT molecular complexity index is 421. The van der Waals surface area contributed by atoms with Crippen LogP contribution in [0.3, 0.4) is 0 Å². The van der Waals surface area contributed by atoms with Gasteiger partial charge in [-0.2, -0.15) is 0 Å². The number of nitrogen functional groups attached to an aromatic ring is 1. The van der Waals surface area contributed by atoms with Gasteiger partial charge in [-0.1, -0.05) is 19.1 Å². The summed E-state index contributed by atoms with van der Waals surface area (Å²) < 4.78 is 0.917. The lowest BCUT2D eigenvalue weighted by Crippen LogP contribution is -2.36. The maximum absolute atomic E-state index is 11.7. The number of anilines is 1. The van der Waals surface area contributed by atoms with Gasteiger partial charge in [0.25, 0.3) is 0 Å². The largest absolute Gasteiger partial charge is 0.398 e. The second kappa shape index (κ2) is 6.75. The quantitative estimate of drug-likeness (QED) is 0.845. The molecule has 1 amide bonds. The molecule has 0 aliphatic rings. The van der Waals surface area contributed by atoms with Gasteiger partial charge in [-0.05, 0) is 34.1 Å². The number of hydrogen-bond donors (Lipinski definition) is 1. The number of carbonyl (C=O) groups is 1. The summed E-state index contributed by atoms with van der Waals surface area (Å²) in [6.45, 7) is 4.00. The third-order valence-corrected chi connectivity index (χ3v) is 3.77. The molecule has 5 heteroatoms. The number of carbonyl (C=O) groups excluding carboxylic acids is 1. The Morgan fingerprint density at radius 1 is 1.39 bits per heavy atom. The van der Waals surface area contributed by atoms with Crippen LogP contribution in [0.4, 0.5) is 5.69 Å². The molecule has 0 saturated carbocycles. The van der Waals surface area contributed by atoms with Gasteiger partial charge >= 0.3 is 0 Å². The van der Waals surface area contributed by atoms with Gasteiger partial charge in [-0.3, -0.25) is 9.69 Å². The molecule has 18 heavy (non-hydrogen) atoms. The van der Waals surface area contributed by atoms with Crippen molar-refractivity contribution < 1.29 is 4.79 Å². The first-order chi connectivity index (χ1) is 8.45. The van der Waals surface area contributed by atoms with Gasteiger partial charge in [0.15, 0.2) is 0 Å². The third kappa shape index (κ3) is 3.99. The molecule has 0 fully saturated rings. The molecule has 0 saturated heterocycles. The number of amides is 1. The molecule has 0 radical (unpaired) electrons. The third-order valence-electron chi connectivity index (χ3n) is 2.81. The van der Waals surface area contributed by atoms with E-state index < -0.39 is 0 Å². The summed E-state index contributed by atoms with van der Waals surface area (Å²) in [7, 11) is 3.54. The Morgan fingerprint density at radius 2 is 2.06 bits per heavy atom. The Kier molecular flexibility index (Phi) is 5.62. The number of hydrogen-bond acceptors (Lipinski definition) is 3. The fourth-order valence-electron chi connectivity index (χ4n) is 1.57. The monoisotopic (exact) mass is 313 g/mol. The Labute approximate surface area is 117 Å². The van der Waals surface area contributed by atoms with Crippen LogP contribution in [0.25, 0.3) is 0 Å². The second-order valence-corrected chi connectivity index (χ2v) is 5.20. The van der Waals surface area contributed by atoms with Gasteiger partial charge in [0.2, 0.25) is 5.91 Å². The standard InChI is InChI=1S/C13H20BrN3O/c1-4-17(9-12(18)16(2)3)8-10-6-5-7-11(15)13(10)14/h5-7H,4,8-9,15H2,1-3H3. The van der Waals surface area contributed by atoms with E-state index in [1.165, 1.54) is 0 Å². The average Bonchev–Trinajstić information content (AvgIpc) is 2.33. The van der Waals surface area contributed by atoms with Crippen molar-refractivity contribution in [3.63, 3.8) is 0 Å². The van der Waals surface area contributed by atoms with E-state index in [1.807, 2.05) is 25.1 Å². The molecule has 0 aromatic heterocycles. The van der Waals surface area contributed by atoms with Crippen molar-refractivity contribution in [3.05, 3.63) is 28.2 Å². The predicted octanol–water partition coefficient (Wildman–Crippen LogP) is 1.94. The summed E-state index contributed by atoms with van der Waals surface area (Å²) in [5, 5.41) is 0. The first-order valence-electron chi connectivity index (χ1n) is 5.91. The van der Waals surface area contributed by atoms with Crippen LogP contribution in [0, 0.1) is 0 Å². The Balaban J connectivity index is 2.74. The van der Waals surface area contributed by atoms with Crippen LogP contribution in [0.1, 0.15) is 12.5 Å². The van der Waals surface area contributed by atoms with Crippen molar-refractivity contribution in [1.82, 2.24) is 9.80 Å². The Hall–Kier alpha value is -1.07. The maximum atomic E-state index is 11.7.